The topological polar surface area (TPSA) is 38.7 Å². The van der Waals surface area contributed by atoms with Gasteiger partial charge in [0.1, 0.15) is 0 Å². The third kappa shape index (κ3) is 2.82. The van der Waals surface area contributed by atoms with E-state index in [1.54, 1.807) is 0 Å². The van der Waals surface area contributed by atoms with E-state index in [1.165, 1.54) is 11.1 Å². The monoisotopic (exact) mass is 305 g/mol. The van der Waals surface area contributed by atoms with Gasteiger partial charge in [-0.3, -0.25) is 0 Å². The van der Waals surface area contributed by atoms with Crippen LogP contribution in [0.25, 0.3) is 6.08 Å². The Morgan fingerprint density at radius 1 is 0.957 bits per heavy atom. The maximum Gasteiger partial charge on any atom is 0.363 e. The van der Waals surface area contributed by atoms with E-state index in [-0.39, 0.29) is 0 Å². The van der Waals surface area contributed by atoms with Gasteiger partial charge in [-0.05, 0) is 73.7 Å². The molecule has 2 aromatic rings. The summed E-state index contributed by atoms with van der Waals surface area (Å²) < 4.78 is 5.32. The Morgan fingerprint density at radius 2 is 1.57 bits per heavy atom. The Kier molecular flexibility index (Phi) is 3.87. The van der Waals surface area contributed by atoms with E-state index in [2.05, 4.69) is 38.8 Å². The maximum atomic E-state index is 12.1. The lowest BCUT2D eigenvalue weighted by atomic mass is 9.93. The fourth-order valence-corrected chi connectivity index (χ4v) is 2.71. The average Bonchev–Trinajstić information content (AvgIpc) is 2.91. The number of hydrogen-bond acceptors (Lipinski definition) is 3. The van der Waals surface area contributed by atoms with Crippen molar-refractivity contribution in [2.24, 2.45) is 4.99 Å². The van der Waals surface area contributed by atoms with Crippen molar-refractivity contribution < 1.29 is 9.53 Å². The van der Waals surface area contributed by atoms with Gasteiger partial charge in [0.05, 0.1) is 0 Å². The van der Waals surface area contributed by atoms with Crippen LogP contribution in [0.5, 0.6) is 0 Å². The minimum Gasteiger partial charge on any atom is -0.402 e. The molecule has 0 fully saturated rings. The van der Waals surface area contributed by atoms with Crippen LogP contribution in [0.15, 0.2) is 47.1 Å². The van der Waals surface area contributed by atoms with Crippen molar-refractivity contribution >= 4 is 17.9 Å². The van der Waals surface area contributed by atoms with E-state index in [9.17, 15) is 4.79 Å². The summed E-state index contributed by atoms with van der Waals surface area (Å²) in [5, 5.41) is 0. The molecule has 0 saturated heterocycles. The molecule has 0 radical (unpaired) electrons. The quantitative estimate of drug-likeness (QED) is 0.614. The van der Waals surface area contributed by atoms with Crippen LogP contribution in [-0.2, 0) is 9.53 Å². The molecule has 116 valence electrons. The van der Waals surface area contributed by atoms with Gasteiger partial charge in [0, 0.05) is 5.56 Å². The van der Waals surface area contributed by atoms with Crippen molar-refractivity contribution in [1.82, 2.24) is 0 Å². The molecule has 2 aromatic carbocycles. The molecule has 3 nitrogen and oxygen atoms in total. The zero-order valence-corrected chi connectivity index (χ0v) is 13.8. The predicted molar refractivity (Wildman–Crippen MR) is 92.4 cm³/mol. The van der Waals surface area contributed by atoms with E-state index in [4.69, 9.17) is 4.74 Å². The van der Waals surface area contributed by atoms with Crippen LogP contribution in [0, 0.1) is 27.7 Å². The number of aryl methyl sites for hydroxylation is 2. The number of cyclic esters (lactones) is 1. The third-order valence-electron chi connectivity index (χ3n) is 4.35. The fraction of sp³-hybridized carbons (Fsp3) is 0.200. The first kappa shape index (κ1) is 15.2. The molecule has 0 bridgehead atoms. The molecule has 0 N–H and O–H groups in total. The van der Waals surface area contributed by atoms with Crippen LogP contribution >= 0.6 is 0 Å². The second-order valence-corrected chi connectivity index (χ2v) is 5.88. The summed E-state index contributed by atoms with van der Waals surface area (Å²) in [7, 11) is 0. The highest BCUT2D eigenvalue weighted by molar-refractivity contribution is 6.12. The van der Waals surface area contributed by atoms with E-state index in [0.29, 0.717) is 11.6 Å². The molecule has 1 aliphatic heterocycles. The number of rotatable bonds is 2. The molecule has 0 atom stereocenters. The second kappa shape index (κ2) is 5.84. The highest BCUT2D eigenvalue weighted by Crippen LogP contribution is 2.26. The van der Waals surface area contributed by atoms with E-state index in [1.807, 2.05) is 36.4 Å². The predicted octanol–water partition coefficient (Wildman–Crippen LogP) is 4.26. The standard InChI is InChI=1S/C20H19NO2/c1-12-10-13(2)15(4)17(14(12)3)11-18-20(22)23-19(21-18)16-8-6-5-7-9-16/h5-11H,1-4H3/b18-11+. The summed E-state index contributed by atoms with van der Waals surface area (Å²) in [6.07, 6.45) is 1.84. The SMILES string of the molecule is Cc1cc(C)c(C)c(/C=C2/N=C(c3ccccc3)OC2=O)c1C. The van der Waals surface area contributed by atoms with Gasteiger partial charge in [-0.15, -0.1) is 0 Å². The number of ether oxygens (including phenoxy) is 1. The van der Waals surface area contributed by atoms with Crippen molar-refractivity contribution in [2.45, 2.75) is 27.7 Å². The van der Waals surface area contributed by atoms with Crippen LogP contribution in [0.3, 0.4) is 0 Å². The van der Waals surface area contributed by atoms with Gasteiger partial charge < -0.3 is 4.74 Å². The maximum absolute atomic E-state index is 12.1. The van der Waals surface area contributed by atoms with Crippen molar-refractivity contribution in [3.05, 3.63) is 75.5 Å². The minimum atomic E-state index is -0.401. The molecule has 0 spiro atoms. The van der Waals surface area contributed by atoms with Crippen LogP contribution in [0.1, 0.15) is 33.4 Å². The largest absolute Gasteiger partial charge is 0.402 e. The molecule has 1 aliphatic rings. The Bertz CT molecular complexity index is 819. The molecule has 3 rings (SSSR count). The van der Waals surface area contributed by atoms with Crippen LogP contribution in [0.2, 0.25) is 0 Å². The molecule has 0 amide bonds. The van der Waals surface area contributed by atoms with E-state index in [0.717, 1.165) is 22.3 Å². The molecule has 0 aromatic heterocycles. The van der Waals surface area contributed by atoms with E-state index >= 15 is 0 Å². The second-order valence-electron chi connectivity index (χ2n) is 5.88. The first-order valence-corrected chi connectivity index (χ1v) is 7.62. The van der Waals surface area contributed by atoms with Gasteiger partial charge >= 0.3 is 5.97 Å². The third-order valence-corrected chi connectivity index (χ3v) is 4.35. The van der Waals surface area contributed by atoms with Gasteiger partial charge in [0.15, 0.2) is 5.70 Å². The van der Waals surface area contributed by atoms with Crippen molar-refractivity contribution in [1.29, 1.82) is 0 Å². The lowest BCUT2D eigenvalue weighted by Crippen LogP contribution is -2.05. The van der Waals surface area contributed by atoms with Crippen molar-refractivity contribution in [3.8, 4) is 0 Å². The lowest BCUT2D eigenvalue weighted by molar-refractivity contribution is -0.129. The Labute approximate surface area is 136 Å². The van der Waals surface area contributed by atoms with Gasteiger partial charge in [-0.25, -0.2) is 9.79 Å². The number of benzene rings is 2. The first-order valence-electron chi connectivity index (χ1n) is 7.62. The summed E-state index contributed by atoms with van der Waals surface area (Å²) in [6, 6.07) is 11.6. The zero-order valence-electron chi connectivity index (χ0n) is 13.8. The number of nitrogens with zero attached hydrogens (tertiary/aromatic N) is 1. The molecule has 0 saturated carbocycles. The summed E-state index contributed by atoms with van der Waals surface area (Å²) >= 11 is 0. The fourth-order valence-electron chi connectivity index (χ4n) is 2.71. The summed E-state index contributed by atoms with van der Waals surface area (Å²) in [5.41, 5.74) is 6.94. The molecule has 0 aliphatic carbocycles. The van der Waals surface area contributed by atoms with Gasteiger partial charge in [0.25, 0.3) is 0 Å². The molecular weight excluding hydrogens is 286 g/mol. The summed E-state index contributed by atoms with van der Waals surface area (Å²) in [6.45, 7) is 8.29. The molecule has 3 heteroatoms. The van der Waals surface area contributed by atoms with Crippen LogP contribution in [-0.4, -0.2) is 11.9 Å². The zero-order chi connectivity index (χ0) is 16.6. The van der Waals surface area contributed by atoms with E-state index < -0.39 is 5.97 Å². The first-order chi connectivity index (χ1) is 11.0. The van der Waals surface area contributed by atoms with Gasteiger partial charge in [0.2, 0.25) is 5.90 Å². The smallest absolute Gasteiger partial charge is 0.363 e. The highest BCUT2D eigenvalue weighted by atomic mass is 16.6. The number of carbonyl (C=O) groups is 1. The van der Waals surface area contributed by atoms with Crippen LogP contribution in [0.4, 0.5) is 0 Å². The Balaban J connectivity index is 2.07. The van der Waals surface area contributed by atoms with Crippen LogP contribution < -0.4 is 0 Å². The number of hydrogen-bond donors (Lipinski definition) is 0. The van der Waals surface area contributed by atoms with Gasteiger partial charge in [-0.1, -0.05) is 24.3 Å². The number of esters is 1. The summed E-state index contributed by atoms with van der Waals surface area (Å²) in [4.78, 5) is 16.5. The molecule has 23 heavy (non-hydrogen) atoms. The van der Waals surface area contributed by atoms with Crippen molar-refractivity contribution in [2.75, 3.05) is 0 Å². The molecular formula is C20H19NO2. The number of aliphatic imine (C=N–C) groups is 1. The Hall–Kier alpha value is -2.68. The highest BCUT2D eigenvalue weighted by Gasteiger charge is 2.24. The number of carbonyl (C=O) groups excluding carboxylic acids is 1. The summed E-state index contributed by atoms with van der Waals surface area (Å²) in [5.74, 6) is -0.0386. The normalized spacial score (nSPS) is 15.7. The minimum absolute atomic E-state index is 0.347. The lowest BCUT2D eigenvalue weighted by Gasteiger charge is -2.12. The van der Waals surface area contributed by atoms with Crippen molar-refractivity contribution in [3.63, 3.8) is 0 Å². The average molecular weight is 305 g/mol. The Morgan fingerprint density at radius 3 is 2.17 bits per heavy atom. The molecule has 0 unspecified atom stereocenters. The van der Waals surface area contributed by atoms with Gasteiger partial charge in [-0.2, -0.15) is 0 Å². The molecule has 1 heterocycles.